The molecule has 0 spiro atoms. The van der Waals surface area contributed by atoms with Gasteiger partial charge in [-0.3, -0.25) is 9.59 Å². The van der Waals surface area contributed by atoms with E-state index in [1.807, 2.05) is 31.2 Å². The van der Waals surface area contributed by atoms with E-state index >= 15 is 0 Å². The van der Waals surface area contributed by atoms with Crippen molar-refractivity contribution < 1.29 is 18.7 Å². The Labute approximate surface area is 204 Å². The zero-order valence-corrected chi connectivity index (χ0v) is 20.3. The normalized spacial score (nSPS) is 13.5. The van der Waals surface area contributed by atoms with E-state index in [-0.39, 0.29) is 24.2 Å². The molecule has 184 valence electrons. The SMILES string of the molecule is CCN(CC(=O)Nc1ccc(N2CCOCC2)cc1)C(=O)c1c(C)nn(-c2ccc(F)cc2)c1C. The lowest BCUT2D eigenvalue weighted by Gasteiger charge is -2.29. The van der Waals surface area contributed by atoms with Crippen molar-refractivity contribution in [2.45, 2.75) is 20.8 Å². The molecule has 3 aromatic rings. The predicted octanol–water partition coefficient (Wildman–Crippen LogP) is 3.57. The Balaban J connectivity index is 1.43. The van der Waals surface area contributed by atoms with Crippen molar-refractivity contribution in [1.29, 1.82) is 0 Å². The van der Waals surface area contributed by atoms with Crippen molar-refractivity contribution in [2.24, 2.45) is 0 Å². The first-order valence-electron chi connectivity index (χ1n) is 11.7. The van der Waals surface area contributed by atoms with Gasteiger partial charge in [0.1, 0.15) is 12.4 Å². The van der Waals surface area contributed by atoms with Crippen LogP contribution in [0.4, 0.5) is 15.8 Å². The molecular formula is C26H30FN5O3. The molecule has 1 aliphatic heterocycles. The molecule has 1 aliphatic rings. The molecule has 1 saturated heterocycles. The third-order valence-electron chi connectivity index (χ3n) is 6.11. The molecule has 0 radical (unpaired) electrons. The van der Waals surface area contributed by atoms with E-state index in [2.05, 4.69) is 15.3 Å². The van der Waals surface area contributed by atoms with Gasteiger partial charge in [-0.1, -0.05) is 0 Å². The van der Waals surface area contributed by atoms with E-state index in [4.69, 9.17) is 4.74 Å². The number of anilines is 2. The Kier molecular flexibility index (Phi) is 7.45. The largest absolute Gasteiger partial charge is 0.378 e. The number of aromatic nitrogens is 2. The quantitative estimate of drug-likeness (QED) is 0.561. The molecule has 2 aromatic carbocycles. The number of ether oxygens (including phenoxy) is 1. The first kappa shape index (κ1) is 24.4. The number of carbonyl (C=O) groups excluding carboxylic acids is 2. The van der Waals surface area contributed by atoms with Gasteiger partial charge in [-0.05, 0) is 69.3 Å². The van der Waals surface area contributed by atoms with Gasteiger partial charge in [0.05, 0.1) is 35.9 Å². The second-order valence-corrected chi connectivity index (χ2v) is 8.45. The number of hydrogen-bond acceptors (Lipinski definition) is 5. The molecule has 0 atom stereocenters. The fourth-order valence-corrected chi connectivity index (χ4v) is 4.22. The van der Waals surface area contributed by atoms with Crippen molar-refractivity contribution in [3.05, 3.63) is 71.3 Å². The van der Waals surface area contributed by atoms with Crippen LogP contribution in [0.15, 0.2) is 48.5 Å². The Morgan fingerprint density at radius 1 is 1.03 bits per heavy atom. The Bertz CT molecular complexity index is 1180. The van der Waals surface area contributed by atoms with Crippen LogP contribution >= 0.6 is 0 Å². The standard InChI is InChI=1S/C26H30FN5O3/c1-4-30(17-24(33)28-21-7-11-22(12-8-21)31-13-15-35-16-14-31)26(34)25-18(2)29-32(19(25)3)23-9-5-20(27)6-10-23/h5-12H,4,13-17H2,1-3H3,(H,28,33). The smallest absolute Gasteiger partial charge is 0.258 e. The molecule has 0 bridgehead atoms. The molecule has 35 heavy (non-hydrogen) atoms. The molecule has 2 heterocycles. The fraction of sp³-hybridized carbons (Fsp3) is 0.346. The van der Waals surface area contributed by atoms with Crippen molar-refractivity contribution in [2.75, 3.05) is 49.6 Å². The lowest BCUT2D eigenvalue weighted by atomic mass is 10.1. The highest BCUT2D eigenvalue weighted by atomic mass is 19.1. The molecule has 1 N–H and O–H groups in total. The highest BCUT2D eigenvalue weighted by molar-refractivity contribution is 6.00. The van der Waals surface area contributed by atoms with Gasteiger partial charge in [0, 0.05) is 31.0 Å². The average molecular weight is 480 g/mol. The summed E-state index contributed by atoms with van der Waals surface area (Å²) < 4.78 is 20.3. The second kappa shape index (κ2) is 10.7. The lowest BCUT2D eigenvalue weighted by molar-refractivity contribution is -0.116. The number of carbonyl (C=O) groups is 2. The summed E-state index contributed by atoms with van der Waals surface area (Å²) in [6.45, 7) is 8.76. The zero-order valence-electron chi connectivity index (χ0n) is 20.3. The minimum absolute atomic E-state index is 0.0822. The number of halogens is 1. The van der Waals surface area contributed by atoms with Crippen LogP contribution in [0.5, 0.6) is 0 Å². The van der Waals surface area contributed by atoms with Gasteiger partial charge < -0.3 is 19.9 Å². The first-order valence-corrected chi connectivity index (χ1v) is 11.7. The number of morpholine rings is 1. The number of aryl methyl sites for hydroxylation is 1. The Hall–Kier alpha value is -3.72. The number of rotatable bonds is 7. The molecule has 4 rings (SSSR count). The van der Waals surface area contributed by atoms with Gasteiger partial charge in [-0.15, -0.1) is 0 Å². The van der Waals surface area contributed by atoms with Crippen LogP contribution in [-0.2, 0) is 9.53 Å². The zero-order chi connectivity index (χ0) is 24.9. The van der Waals surface area contributed by atoms with E-state index in [9.17, 15) is 14.0 Å². The summed E-state index contributed by atoms with van der Waals surface area (Å²) >= 11 is 0. The molecule has 9 heteroatoms. The number of nitrogens with one attached hydrogen (secondary N) is 1. The minimum Gasteiger partial charge on any atom is -0.378 e. The highest BCUT2D eigenvalue weighted by Crippen LogP contribution is 2.21. The van der Waals surface area contributed by atoms with E-state index in [1.165, 1.54) is 17.0 Å². The van der Waals surface area contributed by atoms with Crippen LogP contribution in [-0.4, -0.2) is 65.9 Å². The number of hydrogen-bond donors (Lipinski definition) is 1. The van der Waals surface area contributed by atoms with Gasteiger partial charge in [-0.2, -0.15) is 5.10 Å². The molecule has 2 amide bonds. The van der Waals surface area contributed by atoms with E-state index in [1.54, 1.807) is 30.7 Å². The topological polar surface area (TPSA) is 79.7 Å². The molecular weight excluding hydrogens is 449 g/mol. The Morgan fingerprint density at radius 3 is 2.29 bits per heavy atom. The van der Waals surface area contributed by atoms with E-state index in [0.29, 0.717) is 48.1 Å². The summed E-state index contributed by atoms with van der Waals surface area (Å²) in [5.41, 5.74) is 4.05. The van der Waals surface area contributed by atoms with Crippen LogP contribution in [0.3, 0.4) is 0 Å². The number of likely N-dealkylation sites (N-methyl/N-ethyl adjacent to an activating group) is 1. The molecule has 1 aromatic heterocycles. The van der Waals surface area contributed by atoms with Crippen molar-refractivity contribution in [3.8, 4) is 5.69 Å². The summed E-state index contributed by atoms with van der Waals surface area (Å²) in [5.74, 6) is -0.889. The molecule has 0 unspecified atom stereocenters. The number of amides is 2. The van der Waals surface area contributed by atoms with Gasteiger partial charge in [-0.25, -0.2) is 9.07 Å². The minimum atomic E-state index is -0.342. The van der Waals surface area contributed by atoms with Gasteiger partial charge in [0.2, 0.25) is 5.91 Å². The maximum Gasteiger partial charge on any atom is 0.258 e. The van der Waals surface area contributed by atoms with E-state index in [0.717, 1.165) is 18.8 Å². The van der Waals surface area contributed by atoms with Crippen LogP contribution < -0.4 is 10.2 Å². The third-order valence-corrected chi connectivity index (χ3v) is 6.11. The first-order chi connectivity index (χ1) is 16.9. The average Bonchev–Trinajstić information content (AvgIpc) is 3.17. The van der Waals surface area contributed by atoms with Gasteiger partial charge in [0.25, 0.3) is 5.91 Å². The summed E-state index contributed by atoms with van der Waals surface area (Å²) in [6.07, 6.45) is 0. The fourth-order valence-electron chi connectivity index (χ4n) is 4.22. The number of nitrogens with zero attached hydrogens (tertiary/aromatic N) is 4. The summed E-state index contributed by atoms with van der Waals surface area (Å²) in [4.78, 5) is 29.8. The molecule has 0 aliphatic carbocycles. The van der Waals surface area contributed by atoms with Crippen molar-refractivity contribution in [1.82, 2.24) is 14.7 Å². The third kappa shape index (κ3) is 5.51. The van der Waals surface area contributed by atoms with Crippen LogP contribution in [0.1, 0.15) is 28.7 Å². The summed E-state index contributed by atoms with van der Waals surface area (Å²) in [7, 11) is 0. The highest BCUT2D eigenvalue weighted by Gasteiger charge is 2.25. The summed E-state index contributed by atoms with van der Waals surface area (Å²) in [6, 6.07) is 13.6. The maximum atomic E-state index is 13.3. The van der Waals surface area contributed by atoms with Gasteiger partial charge >= 0.3 is 0 Å². The summed E-state index contributed by atoms with van der Waals surface area (Å²) in [5, 5.41) is 7.35. The second-order valence-electron chi connectivity index (χ2n) is 8.45. The van der Waals surface area contributed by atoms with E-state index < -0.39 is 0 Å². The van der Waals surface area contributed by atoms with Gasteiger partial charge in [0.15, 0.2) is 0 Å². The monoisotopic (exact) mass is 479 g/mol. The predicted molar refractivity (Wildman–Crippen MR) is 133 cm³/mol. The van der Waals surface area contributed by atoms with Crippen LogP contribution in [0.25, 0.3) is 5.69 Å². The van der Waals surface area contributed by atoms with Crippen molar-refractivity contribution in [3.63, 3.8) is 0 Å². The van der Waals surface area contributed by atoms with Crippen molar-refractivity contribution >= 4 is 23.2 Å². The molecule has 1 fully saturated rings. The Morgan fingerprint density at radius 2 is 1.66 bits per heavy atom. The molecule has 8 nitrogen and oxygen atoms in total. The van der Waals surface area contributed by atoms with Crippen LogP contribution in [0.2, 0.25) is 0 Å². The van der Waals surface area contributed by atoms with Crippen LogP contribution in [0, 0.1) is 19.7 Å². The molecule has 0 saturated carbocycles. The number of benzene rings is 2. The lowest BCUT2D eigenvalue weighted by Crippen LogP contribution is -2.38. The maximum absolute atomic E-state index is 13.3.